The van der Waals surface area contributed by atoms with Crippen LogP contribution in [0.1, 0.15) is 38.5 Å². The van der Waals surface area contributed by atoms with Gasteiger partial charge in [0, 0.05) is 12.3 Å². The van der Waals surface area contributed by atoms with Crippen molar-refractivity contribution in [3.63, 3.8) is 0 Å². The summed E-state index contributed by atoms with van der Waals surface area (Å²) in [5.41, 5.74) is 0. The monoisotopic (exact) mass is 194 g/mol. The zero-order chi connectivity index (χ0) is 9.97. The third-order valence-corrected chi connectivity index (χ3v) is 3.47. The van der Waals surface area contributed by atoms with Crippen LogP contribution in [0.2, 0.25) is 0 Å². The highest BCUT2D eigenvalue weighted by atomic mass is 16.5. The van der Waals surface area contributed by atoms with Crippen LogP contribution in [-0.2, 0) is 4.74 Å². The summed E-state index contributed by atoms with van der Waals surface area (Å²) in [5.74, 6) is 2.99. The first-order valence-corrected chi connectivity index (χ1v) is 5.58. The lowest BCUT2D eigenvalue weighted by molar-refractivity contribution is 0.0382. The number of hydrogen-bond acceptors (Lipinski definition) is 2. The molecule has 0 saturated carbocycles. The van der Waals surface area contributed by atoms with Crippen LogP contribution in [0.25, 0.3) is 0 Å². The van der Waals surface area contributed by atoms with Crippen molar-refractivity contribution in [1.29, 1.82) is 0 Å². The van der Waals surface area contributed by atoms with Crippen LogP contribution in [0.4, 0.5) is 0 Å². The molecule has 0 spiro atoms. The molecule has 2 nitrogen and oxygen atoms in total. The summed E-state index contributed by atoms with van der Waals surface area (Å²) in [4.78, 5) is 0. The van der Waals surface area contributed by atoms with Gasteiger partial charge in [-0.05, 0) is 32.1 Å². The zero-order valence-corrected chi connectivity index (χ0v) is 8.48. The van der Waals surface area contributed by atoms with Crippen molar-refractivity contribution >= 4 is 0 Å². The fourth-order valence-electron chi connectivity index (χ4n) is 2.71. The summed E-state index contributed by atoms with van der Waals surface area (Å²) in [5, 5.41) is 9.95. The van der Waals surface area contributed by atoms with E-state index < -0.39 is 0 Å². The van der Waals surface area contributed by atoms with Crippen molar-refractivity contribution in [3.05, 3.63) is 0 Å². The molecule has 0 amide bonds. The molecule has 2 bridgehead atoms. The van der Waals surface area contributed by atoms with Gasteiger partial charge in [-0.15, -0.1) is 12.3 Å². The van der Waals surface area contributed by atoms with E-state index in [-0.39, 0.29) is 6.10 Å². The van der Waals surface area contributed by atoms with Crippen molar-refractivity contribution in [2.75, 3.05) is 0 Å². The molecule has 2 aliphatic rings. The van der Waals surface area contributed by atoms with Crippen LogP contribution in [0.3, 0.4) is 0 Å². The highest BCUT2D eigenvalue weighted by Crippen LogP contribution is 2.41. The van der Waals surface area contributed by atoms with Gasteiger partial charge in [0.05, 0.1) is 18.3 Å². The van der Waals surface area contributed by atoms with E-state index >= 15 is 0 Å². The van der Waals surface area contributed by atoms with Gasteiger partial charge >= 0.3 is 0 Å². The predicted octanol–water partition coefficient (Wildman–Crippen LogP) is 1.72. The van der Waals surface area contributed by atoms with Crippen LogP contribution in [0.5, 0.6) is 0 Å². The average molecular weight is 194 g/mol. The quantitative estimate of drug-likeness (QED) is 0.545. The first-order chi connectivity index (χ1) is 6.81. The third kappa shape index (κ3) is 1.94. The number of ether oxygens (including phenoxy) is 1. The lowest BCUT2D eigenvalue weighted by Crippen LogP contribution is -2.29. The number of hydrogen-bond donors (Lipinski definition) is 1. The minimum absolute atomic E-state index is 0.196. The fraction of sp³-hybridized carbons (Fsp3) is 0.833. The molecule has 1 N–H and O–H groups in total. The SMILES string of the molecule is C#CCCCC(O)C1CC2CCC1O2. The molecule has 0 aliphatic carbocycles. The summed E-state index contributed by atoms with van der Waals surface area (Å²) in [6, 6.07) is 0. The van der Waals surface area contributed by atoms with E-state index in [2.05, 4.69) is 5.92 Å². The Kier molecular flexibility index (Phi) is 3.10. The molecule has 0 aromatic carbocycles. The highest BCUT2D eigenvalue weighted by molar-refractivity contribution is 4.93. The summed E-state index contributed by atoms with van der Waals surface area (Å²) >= 11 is 0. The van der Waals surface area contributed by atoms with Crippen molar-refractivity contribution in [2.24, 2.45) is 5.92 Å². The number of terminal acetylenes is 1. The first-order valence-electron chi connectivity index (χ1n) is 5.58. The minimum atomic E-state index is -0.196. The molecule has 2 fully saturated rings. The van der Waals surface area contributed by atoms with Gasteiger partial charge < -0.3 is 9.84 Å². The normalized spacial score (nSPS) is 37.0. The smallest absolute Gasteiger partial charge is 0.0633 e. The molecule has 0 radical (unpaired) electrons. The second-order valence-electron chi connectivity index (χ2n) is 4.44. The maximum atomic E-state index is 9.95. The molecular formula is C12H18O2. The van der Waals surface area contributed by atoms with Crippen LogP contribution in [-0.4, -0.2) is 23.4 Å². The second kappa shape index (κ2) is 4.33. The second-order valence-corrected chi connectivity index (χ2v) is 4.44. The Hall–Kier alpha value is -0.520. The fourth-order valence-corrected chi connectivity index (χ4v) is 2.71. The van der Waals surface area contributed by atoms with E-state index in [4.69, 9.17) is 11.2 Å². The van der Waals surface area contributed by atoms with E-state index in [9.17, 15) is 5.11 Å². The van der Waals surface area contributed by atoms with Crippen LogP contribution in [0, 0.1) is 18.3 Å². The van der Waals surface area contributed by atoms with Crippen molar-refractivity contribution in [2.45, 2.75) is 56.8 Å². The maximum Gasteiger partial charge on any atom is 0.0633 e. The molecule has 2 heterocycles. The predicted molar refractivity (Wildman–Crippen MR) is 54.7 cm³/mol. The molecule has 4 atom stereocenters. The minimum Gasteiger partial charge on any atom is -0.393 e. The number of rotatable bonds is 4. The molecule has 2 saturated heterocycles. The number of aliphatic hydroxyl groups excluding tert-OH is 1. The van der Waals surface area contributed by atoms with E-state index in [1.165, 1.54) is 6.42 Å². The van der Waals surface area contributed by atoms with Gasteiger partial charge in [-0.1, -0.05) is 0 Å². The maximum absolute atomic E-state index is 9.95. The van der Waals surface area contributed by atoms with Gasteiger partial charge in [0.25, 0.3) is 0 Å². The molecule has 14 heavy (non-hydrogen) atoms. The van der Waals surface area contributed by atoms with E-state index in [1.807, 2.05) is 0 Å². The Morgan fingerprint density at radius 1 is 1.50 bits per heavy atom. The molecule has 0 aromatic heterocycles. The van der Waals surface area contributed by atoms with Gasteiger partial charge in [-0.25, -0.2) is 0 Å². The summed E-state index contributed by atoms with van der Waals surface area (Å²) < 4.78 is 5.71. The standard InChI is InChI=1S/C12H18O2/c1-2-3-4-5-11(13)10-8-9-6-7-12(10)14-9/h1,9-13H,3-8H2. The summed E-state index contributed by atoms with van der Waals surface area (Å²) in [7, 11) is 0. The highest BCUT2D eigenvalue weighted by Gasteiger charge is 2.43. The summed E-state index contributed by atoms with van der Waals surface area (Å²) in [6.45, 7) is 0. The molecular weight excluding hydrogens is 176 g/mol. The lowest BCUT2D eigenvalue weighted by Gasteiger charge is -2.23. The molecule has 0 aromatic rings. The van der Waals surface area contributed by atoms with Crippen LogP contribution < -0.4 is 0 Å². The van der Waals surface area contributed by atoms with Crippen molar-refractivity contribution in [3.8, 4) is 12.3 Å². The molecule has 2 rings (SSSR count). The Morgan fingerprint density at radius 3 is 2.93 bits per heavy atom. The van der Waals surface area contributed by atoms with Gasteiger partial charge in [0.1, 0.15) is 0 Å². The lowest BCUT2D eigenvalue weighted by atomic mass is 9.83. The molecule has 78 valence electrons. The van der Waals surface area contributed by atoms with E-state index in [0.29, 0.717) is 18.1 Å². The van der Waals surface area contributed by atoms with Crippen LogP contribution >= 0.6 is 0 Å². The zero-order valence-electron chi connectivity index (χ0n) is 8.48. The van der Waals surface area contributed by atoms with Gasteiger partial charge in [-0.3, -0.25) is 0 Å². The third-order valence-electron chi connectivity index (χ3n) is 3.47. The van der Waals surface area contributed by atoms with Crippen molar-refractivity contribution in [1.82, 2.24) is 0 Å². The molecule has 4 unspecified atom stereocenters. The first kappa shape index (κ1) is 10.0. The van der Waals surface area contributed by atoms with Gasteiger partial charge in [0.15, 0.2) is 0 Å². The number of unbranched alkanes of at least 4 members (excludes halogenated alkanes) is 1. The van der Waals surface area contributed by atoms with Crippen LogP contribution in [0.15, 0.2) is 0 Å². The van der Waals surface area contributed by atoms with Gasteiger partial charge in [0.2, 0.25) is 0 Å². The molecule has 2 heteroatoms. The largest absolute Gasteiger partial charge is 0.393 e. The number of aliphatic hydroxyl groups is 1. The Labute approximate surface area is 85.6 Å². The topological polar surface area (TPSA) is 29.5 Å². The molecule has 2 aliphatic heterocycles. The number of fused-ring (bicyclic) bond motifs is 2. The van der Waals surface area contributed by atoms with Crippen molar-refractivity contribution < 1.29 is 9.84 Å². The van der Waals surface area contributed by atoms with Gasteiger partial charge in [-0.2, -0.15) is 0 Å². The van der Waals surface area contributed by atoms with E-state index in [1.54, 1.807) is 0 Å². The Morgan fingerprint density at radius 2 is 2.36 bits per heavy atom. The Balaban J connectivity index is 1.76. The Bertz CT molecular complexity index is 231. The average Bonchev–Trinajstić information content (AvgIpc) is 2.79. The van der Waals surface area contributed by atoms with E-state index in [0.717, 1.165) is 32.1 Å². The summed E-state index contributed by atoms with van der Waals surface area (Å²) in [6.07, 6.45) is 11.7.